The second-order valence-corrected chi connectivity index (χ2v) is 7.49. The molecule has 9 heteroatoms. The summed E-state index contributed by atoms with van der Waals surface area (Å²) in [6.45, 7) is 3.70. The van der Waals surface area contributed by atoms with E-state index in [2.05, 4.69) is 17.1 Å². The maximum Gasteiger partial charge on any atom is 0.337 e. The van der Waals surface area contributed by atoms with Crippen LogP contribution in [0.25, 0.3) is 0 Å². The number of non-ortho nitro benzene ring substituents is 1. The molecule has 1 aliphatic rings. The number of carboxylic acid groups (broad SMARTS) is 1. The van der Waals surface area contributed by atoms with Gasteiger partial charge in [0, 0.05) is 30.9 Å². The molecule has 2 aromatic carbocycles. The summed E-state index contributed by atoms with van der Waals surface area (Å²) in [5.41, 5.74) is 0.863. The number of hydrogen-bond acceptors (Lipinski definition) is 5. The number of benzene rings is 2. The summed E-state index contributed by atoms with van der Waals surface area (Å²) < 4.78 is 0. The van der Waals surface area contributed by atoms with Crippen molar-refractivity contribution in [3.63, 3.8) is 0 Å². The third-order valence-electron chi connectivity index (χ3n) is 5.02. The average Bonchev–Trinajstić information content (AvgIpc) is 2.68. The van der Waals surface area contributed by atoms with Gasteiger partial charge in [-0.25, -0.2) is 4.79 Å². The van der Waals surface area contributed by atoms with Crippen molar-refractivity contribution in [3.8, 4) is 0 Å². The summed E-state index contributed by atoms with van der Waals surface area (Å²) in [5.74, 6) is -1.11. The number of carbonyl (C=O) groups excluding carboxylic acids is 1. The normalized spacial score (nSPS) is 14.5. The highest BCUT2D eigenvalue weighted by Gasteiger charge is 2.24. The van der Waals surface area contributed by atoms with Crippen molar-refractivity contribution in [2.45, 2.75) is 19.8 Å². The third kappa shape index (κ3) is 4.65. The lowest BCUT2D eigenvalue weighted by Crippen LogP contribution is -2.34. The van der Waals surface area contributed by atoms with Crippen LogP contribution in [0.3, 0.4) is 0 Å². The Kier molecular flexibility index (Phi) is 6.03. The lowest BCUT2D eigenvalue weighted by atomic mass is 9.98. The molecule has 3 rings (SSSR count). The van der Waals surface area contributed by atoms with Gasteiger partial charge in [-0.05, 0) is 43.0 Å². The van der Waals surface area contributed by atoms with Gasteiger partial charge in [0.2, 0.25) is 0 Å². The SMILES string of the molecule is CC1CCN(c2ccc([N+](=O)[O-])cc2C(=O)Nc2ccc(C(=O)O)c(Cl)c2)CC1. The second kappa shape index (κ2) is 8.48. The Hall–Kier alpha value is -3.13. The van der Waals surface area contributed by atoms with E-state index in [0.29, 0.717) is 17.3 Å². The minimum atomic E-state index is -1.17. The average molecular weight is 418 g/mol. The second-order valence-electron chi connectivity index (χ2n) is 7.08. The number of aromatic carboxylic acids is 1. The molecule has 152 valence electrons. The highest BCUT2D eigenvalue weighted by atomic mass is 35.5. The highest BCUT2D eigenvalue weighted by Crippen LogP contribution is 2.30. The van der Waals surface area contributed by atoms with Crippen LogP contribution in [0, 0.1) is 16.0 Å². The zero-order valence-electron chi connectivity index (χ0n) is 15.7. The minimum absolute atomic E-state index is 0.0143. The number of carboxylic acids is 1. The maximum absolute atomic E-state index is 12.9. The van der Waals surface area contributed by atoms with Gasteiger partial charge < -0.3 is 15.3 Å². The lowest BCUT2D eigenvalue weighted by molar-refractivity contribution is -0.384. The number of anilines is 2. The van der Waals surface area contributed by atoms with Gasteiger partial charge in [-0.15, -0.1) is 0 Å². The molecule has 0 spiro atoms. The Morgan fingerprint density at radius 1 is 1.17 bits per heavy atom. The van der Waals surface area contributed by atoms with Crippen LogP contribution >= 0.6 is 11.6 Å². The number of rotatable bonds is 5. The van der Waals surface area contributed by atoms with Crippen LogP contribution in [-0.2, 0) is 0 Å². The van der Waals surface area contributed by atoms with Gasteiger partial charge in [0.1, 0.15) is 0 Å². The Morgan fingerprint density at radius 2 is 1.86 bits per heavy atom. The van der Waals surface area contributed by atoms with Crippen molar-refractivity contribution >= 4 is 40.5 Å². The Labute approximate surface area is 172 Å². The number of carbonyl (C=O) groups is 2. The van der Waals surface area contributed by atoms with Crippen LogP contribution in [0.2, 0.25) is 5.02 Å². The summed E-state index contributed by atoms with van der Waals surface area (Å²) in [7, 11) is 0. The Balaban J connectivity index is 1.91. The van der Waals surface area contributed by atoms with E-state index < -0.39 is 16.8 Å². The van der Waals surface area contributed by atoms with E-state index in [1.165, 1.54) is 30.3 Å². The number of nitro benzene ring substituents is 1. The van der Waals surface area contributed by atoms with Gasteiger partial charge in [-0.2, -0.15) is 0 Å². The molecule has 0 saturated carbocycles. The van der Waals surface area contributed by atoms with Gasteiger partial charge in [0.25, 0.3) is 11.6 Å². The van der Waals surface area contributed by atoms with E-state index >= 15 is 0 Å². The number of piperidine rings is 1. The fourth-order valence-corrected chi connectivity index (χ4v) is 3.57. The van der Waals surface area contributed by atoms with Crippen molar-refractivity contribution < 1.29 is 19.6 Å². The van der Waals surface area contributed by atoms with Crippen LogP contribution in [0.5, 0.6) is 0 Å². The van der Waals surface area contributed by atoms with Crippen LogP contribution in [0.15, 0.2) is 36.4 Å². The first-order valence-electron chi connectivity index (χ1n) is 9.14. The molecular formula is C20H20ClN3O5. The molecule has 29 heavy (non-hydrogen) atoms. The van der Waals surface area contributed by atoms with Crippen LogP contribution in [0.1, 0.15) is 40.5 Å². The molecule has 1 fully saturated rings. The van der Waals surface area contributed by atoms with E-state index in [0.717, 1.165) is 25.9 Å². The zero-order valence-corrected chi connectivity index (χ0v) is 16.5. The fourth-order valence-electron chi connectivity index (χ4n) is 3.31. The zero-order chi connectivity index (χ0) is 21.1. The predicted molar refractivity (Wildman–Crippen MR) is 110 cm³/mol. The number of nitrogens with zero attached hydrogens (tertiary/aromatic N) is 2. The summed E-state index contributed by atoms with van der Waals surface area (Å²) >= 11 is 5.96. The van der Waals surface area contributed by atoms with E-state index in [1.54, 1.807) is 6.07 Å². The Morgan fingerprint density at radius 3 is 2.45 bits per heavy atom. The molecule has 0 aromatic heterocycles. The predicted octanol–water partition coefficient (Wildman–Crippen LogP) is 4.44. The van der Waals surface area contributed by atoms with Gasteiger partial charge >= 0.3 is 5.97 Å². The number of nitro groups is 1. The summed E-state index contributed by atoms with van der Waals surface area (Å²) in [4.78, 5) is 36.7. The standard InChI is InChI=1S/C20H20ClN3O5/c1-12-6-8-23(9-7-12)18-5-3-14(24(28)29)11-16(18)19(25)22-13-2-4-15(20(26)27)17(21)10-13/h2-5,10-12H,6-9H2,1H3,(H,22,25)(H,26,27). The first-order chi connectivity index (χ1) is 13.8. The molecule has 1 heterocycles. The molecule has 0 unspecified atom stereocenters. The van der Waals surface area contributed by atoms with Crippen molar-refractivity contribution in [3.05, 3.63) is 62.7 Å². The number of hydrogen-bond donors (Lipinski definition) is 2. The van der Waals surface area contributed by atoms with Crippen molar-refractivity contribution in [1.29, 1.82) is 0 Å². The fraction of sp³-hybridized carbons (Fsp3) is 0.300. The first-order valence-corrected chi connectivity index (χ1v) is 9.51. The topological polar surface area (TPSA) is 113 Å². The van der Waals surface area contributed by atoms with Crippen LogP contribution < -0.4 is 10.2 Å². The molecule has 1 amide bonds. The van der Waals surface area contributed by atoms with E-state index in [4.69, 9.17) is 16.7 Å². The number of halogens is 1. The molecule has 1 saturated heterocycles. The molecule has 2 N–H and O–H groups in total. The Bertz CT molecular complexity index is 971. The van der Waals surface area contributed by atoms with Gasteiger partial charge in [0.15, 0.2) is 0 Å². The first kappa shape index (κ1) is 20.6. The van der Waals surface area contributed by atoms with E-state index in [-0.39, 0.29) is 21.8 Å². The summed E-state index contributed by atoms with van der Waals surface area (Å²) in [6, 6.07) is 8.30. The maximum atomic E-state index is 12.9. The van der Waals surface area contributed by atoms with Crippen LogP contribution in [0.4, 0.5) is 17.1 Å². The smallest absolute Gasteiger partial charge is 0.337 e. The number of nitrogens with one attached hydrogen (secondary N) is 1. The van der Waals surface area contributed by atoms with Crippen molar-refractivity contribution in [2.24, 2.45) is 5.92 Å². The third-order valence-corrected chi connectivity index (χ3v) is 5.33. The molecule has 0 radical (unpaired) electrons. The van der Waals surface area contributed by atoms with Crippen molar-refractivity contribution in [2.75, 3.05) is 23.3 Å². The monoisotopic (exact) mass is 417 g/mol. The highest BCUT2D eigenvalue weighted by molar-refractivity contribution is 6.33. The molecule has 0 bridgehead atoms. The quantitative estimate of drug-likeness (QED) is 0.549. The molecule has 2 aromatic rings. The molecule has 0 aliphatic carbocycles. The summed E-state index contributed by atoms with van der Waals surface area (Å²) in [5, 5.41) is 22.9. The summed E-state index contributed by atoms with van der Waals surface area (Å²) in [6.07, 6.45) is 1.95. The lowest BCUT2D eigenvalue weighted by Gasteiger charge is -2.33. The van der Waals surface area contributed by atoms with Gasteiger partial charge in [-0.1, -0.05) is 18.5 Å². The van der Waals surface area contributed by atoms with Gasteiger partial charge in [-0.3, -0.25) is 14.9 Å². The van der Waals surface area contributed by atoms with Crippen molar-refractivity contribution in [1.82, 2.24) is 0 Å². The largest absolute Gasteiger partial charge is 0.478 e. The van der Waals surface area contributed by atoms with Gasteiger partial charge in [0.05, 0.1) is 26.8 Å². The van der Waals surface area contributed by atoms with E-state index in [9.17, 15) is 19.7 Å². The minimum Gasteiger partial charge on any atom is -0.478 e. The molecule has 0 atom stereocenters. The van der Waals surface area contributed by atoms with Crippen LogP contribution in [-0.4, -0.2) is 35.0 Å². The number of amides is 1. The molecule has 8 nitrogen and oxygen atoms in total. The van der Waals surface area contributed by atoms with E-state index in [1.807, 2.05) is 0 Å². The molecular weight excluding hydrogens is 398 g/mol. The molecule has 1 aliphatic heterocycles.